The average molecular weight is 759 g/mol. The van der Waals surface area contributed by atoms with E-state index in [4.69, 9.17) is 13.9 Å². The summed E-state index contributed by atoms with van der Waals surface area (Å²) in [5, 5.41) is 6.73. The number of fused-ring (bicyclic) bond motifs is 9. The molecule has 0 fully saturated rings. The maximum absolute atomic E-state index is 6.39. The molecule has 0 aliphatic heterocycles. The normalized spacial score (nSPS) is 11.7. The largest absolute Gasteiger partial charge is 0.457 e. The monoisotopic (exact) mass is 758 g/mol. The van der Waals surface area contributed by atoms with Gasteiger partial charge >= 0.3 is 0 Å². The second-order valence-electron chi connectivity index (χ2n) is 14.9. The summed E-state index contributed by atoms with van der Waals surface area (Å²) in [7, 11) is 0. The Kier molecular flexibility index (Phi) is 7.47. The van der Waals surface area contributed by atoms with Crippen molar-refractivity contribution in [3.05, 3.63) is 206 Å². The Morgan fingerprint density at radius 3 is 1.32 bits per heavy atom. The van der Waals surface area contributed by atoms with Crippen molar-refractivity contribution in [1.82, 2.24) is 9.13 Å². The highest BCUT2D eigenvalue weighted by molar-refractivity contribution is 6.13. The predicted octanol–water partition coefficient (Wildman–Crippen LogP) is 15.0. The summed E-state index contributed by atoms with van der Waals surface area (Å²) >= 11 is 0. The summed E-state index contributed by atoms with van der Waals surface area (Å²) in [5.74, 6) is 3.18. The Morgan fingerprint density at radius 2 is 0.746 bits per heavy atom. The minimum atomic E-state index is 0.782. The minimum Gasteiger partial charge on any atom is -0.457 e. The minimum absolute atomic E-state index is 0.782. The van der Waals surface area contributed by atoms with Crippen molar-refractivity contribution in [2.45, 2.75) is 0 Å². The summed E-state index contributed by atoms with van der Waals surface area (Å²) in [6.07, 6.45) is 0. The highest BCUT2D eigenvalue weighted by Gasteiger charge is 2.19. The first-order valence-electron chi connectivity index (χ1n) is 19.8. The molecular weight excluding hydrogens is 725 g/mol. The van der Waals surface area contributed by atoms with Crippen LogP contribution in [-0.4, -0.2) is 9.13 Å². The number of hydrogen-bond donors (Lipinski definition) is 0. The molecule has 0 N–H and O–H groups in total. The van der Waals surface area contributed by atoms with Crippen molar-refractivity contribution >= 4 is 65.6 Å². The molecule has 3 heterocycles. The van der Waals surface area contributed by atoms with Crippen molar-refractivity contribution in [1.29, 1.82) is 0 Å². The van der Waals surface area contributed by atoms with E-state index in [2.05, 4.69) is 143 Å². The van der Waals surface area contributed by atoms with Gasteiger partial charge in [0.15, 0.2) is 0 Å². The van der Waals surface area contributed by atoms with Crippen LogP contribution in [0.1, 0.15) is 0 Å². The fourth-order valence-corrected chi connectivity index (χ4v) is 8.73. The average Bonchev–Trinajstić information content (AvgIpc) is 3.94. The Hall–Kier alpha value is -8.02. The van der Waals surface area contributed by atoms with Crippen LogP contribution in [0.3, 0.4) is 0 Å². The van der Waals surface area contributed by atoms with Crippen molar-refractivity contribution in [3.63, 3.8) is 0 Å². The first-order chi connectivity index (χ1) is 29.2. The van der Waals surface area contributed by atoms with Crippen LogP contribution in [0.15, 0.2) is 211 Å². The molecule has 5 heteroatoms. The zero-order valence-electron chi connectivity index (χ0n) is 31.7. The maximum atomic E-state index is 6.39. The molecule has 0 aliphatic carbocycles. The topological polar surface area (TPSA) is 41.5 Å². The van der Waals surface area contributed by atoms with Crippen LogP contribution >= 0.6 is 0 Å². The van der Waals surface area contributed by atoms with Crippen molar-refractivity contribution in [2.24, 2.45) is 0 Å². The number of nitrogens with zero attached hydrogens (tertiary/aromatic N) is 2. The van der Waals surface area contributed by atoms with Gasteiger partial charge in [-0.2, -0.15) is 0 Å². The van der Waals surface area contributed by atoms with Gasteiger partial charge in [-0.05, 0) is 126 Å². The zero-order valence-corrected chi connectivity index (χ0v) is 31.7. The third kappa shape index (κ3) is 5.55. The van der Waals surface area contributed by atoms with Gasteiger partial charge in [-0.1, -0.05) is 84.9 Å². The molecule has 3 aromatic heterocycles. The van der Waals surface area contributed by atoms with Crippen molar-refractivity contribution < 1.29 is 13.9 Å². The summed E-state index contributed by atoms with van der Waals surface area (Å²) in [5.41, 5.74) is 10.6. The predicted molar refractivity (Wildman–Crippen MR) is 241 cm³/mol. The molecule has 0 spiro atoms. The van der Waals surface area contributed by atoms with Crippen LogP contribution in [0.25, 0.3) is 88.1 Å². The van der Waals surface area contributed by atoms with E-state index in [9.17, 15) is 0 Å². The van der Waals surface area contributed by atoms with E-state index in [0.717, 1.165) is 111 Å². The molecule has 0 aliphatic rings. The van der Waals surface area contributed by atoms with E-state index in [-0.39, 0.29) is 0 Å². The molecule has 0 atom stereocenters. The first kappa shape index (κ1) is 33.2. The lowest BCUT2D eigenvalue weighted by Crippen LogP contribution is -1.94. The van der Waals surface area contributed by atoms with Gasteiger partial charge in [0.25, 0.3) is 0 Å². The Bertz CT molecular complexity index is 3550. The molecule has 278 valence electrons. The van der Waals surface area contributed by atoms with E-state index in [0.29, 0.717) is 0 Å². The van der Waals surface area contributed by atoms with Crippen LogP contribution in [0.2, 0.25) is 0 Å². The summed E-state index contributed by atoms with van der Waals surface area (Å²) in [4.78, 5) is 0. The highest BCUT2D eigenvalue weighted by atomic mass is 16.5. The zero-order chi connectivity index (χ0) is 38.9. The number of hydrogen-bond acceptors (Lipinski definition) is 3. The van der Waals surface area contributed by atoms with Crippen LogP contribution < -0.4 is 9.47 Å². The Balaban J connectivity index is 1.04. The lowest BCUT2D eigenvalue weighted by atomic mass is 10.0. The van der Waals surface area contributed by atoms with Crippen molar-refractivity contribution in [2.75, 3.05) is 0 Å². The second-order valence-corrected chi connectivity index (χ2v) is 14.9. The standard InChI is InChI=1S/C54H34N2O3/c1-4-12-37(13-5-1)55-49-26-20-35(30-45(49)47-33-41(23-28-51(47)55)57-39-14-6-2-7-15-39)36-21-27-50-46(31-36)48-34-42(58-40-16-8-3-9-17-40)24-29-52(48)56(50)38-22-25-44-43-18-10-11-19-53(43)59-54(44)32-38/h1-34H. The summed E-state index contributed by atoms with van der Waals surface area (Å²) in [6, 6.07) is 71.6. The quantitative estimate of drug-likeness (QED) is 0.163. The smallest absolute Gasteiger partial charge is 0.137 e. The number of aromatic nitrogens is 2. The fraction of sp³-hybridized carbons (Fsp3) is 0. The molecule has 0 amide bonds. The van der Waals surface area contributed by atoms with Gasteiger partial charge in [0.1, 0.15) is 34.2 Å². The van der Waals surface area contributed by atoms with Gasteiger partial charge in [-0.3, -0.25) is 0 Å². The van der Waals surface area contributed by atoms with E-state index >= 15 is 0 Å². The summed E-state index contributed by atoms with van der Waals surface area (Å²) < 4.78 is 23.8. The fourth-order valence-electron chi connectivity index (χ4n) is 8.73. The third-order valence-corrected chi connectivity index (χ3v) is 11.4. The van der Waals surface area contributed by atoms with E-state index in [1.165, 1.54) is 0 Å². The molecular formula is C54H34N2O3. The molecule has 5 nitrogen and oxygen atoms in total. The van der Waals surface area contributed by atoms with Gasteiger partial charge in [-0.25, -0.2) is 0 Å². The van der Waals surface area contributed by atoms with Crippen molar-refractivity contribution in [3.8, 4) is 45.5 Å². The molecule has 12 rings (SSSR count). The van der Waals surface area contributed by atoms with Crippen LogP contribution in [0.4, 0.5) is 0 Å². The SMILES string of the molecule is c1ccc(Oc2ccc3c(c2)c2cc(-c4ccc5c(c4)c4cc(Oc6ccccc6)ccc4n5-c4ccc5c(c4)oc4ccccc45)ccc2n3-c2ccccc2)cc1. The molecule has 0 unspecified atom stereocenters. The molecule has 12 aromatic rings. The lowest BCUT2D eigenvalue weighted by Gasteiger charge is -2.10. The lowest BCUT2D eigenvalue weighted by molar-refractivity contribution is 0.483. The molecule has 0 radical (unpaired) electrons. The molecule has 0 saturated heterocycles. The summed E-state index contributed by atoms with van der Waals surface area (Å²) in [6.45, 7) is 0. The van der Waals surface area contributed by atoms with E-state index in [1.807, 2.05) is 72.8 Å². The van der Waals surface area contributed by atoms with Gasteiger partial charge in [-0.15, -0.1) is 0 Å². The Labute approximate surface area is 339 Å². The van der Waals surface area contributed by atoms with Gasteiger partial charge < -0.3 is 23.0 Å². The highest BCUT2D eigenvalue weighted by Crippen LogP contribution is 2.41. The first-order valence-corrected chi connectivity index (χ1v) is 19.8. The van der Waals surface area contributed by atoms with Crippen LogP contribution in [0.5, 0.6) is 23.0 Å². The van der Waals surface area contributed by atoms with E-state index in [1.54, 1.807) is 0 Å². The maximum Gasteiger partial charge on any atom is 0.137 e. The number of ether oxygens (including phenoxy) is 2. The van der Waals surface area contributed by atoms with Gasteiger partial charge in [0.05, 0.1) is 22.1 Å². The molecule has 9 aromatic carbocycles. The second kappa shape index (κ2) is 13.3. The molecule has 0 bridgehead atoms. The number of para-hydroxylation sites is 4. The van der Waals surface area contributed by atoms with Gasteiger partial charge in [0, 0.05) is 49.8 Å². The van der Waals surface area contributed by atoms with E-state index < -0.39 is 0 Å². The molecule has 59 heavy (non-hydrogen) atoms. The Morgan fingerprint density at radius 1 is 0.288 bits per heavy atom. The van der Waals surface area contributed by atoms with Gasteiger partial charge in [0.2, 0.25) is 0 Å². The van der Waals surface area contributed by atoms with Crippen LogP contribution in [-0.2, 0) is 0 Å². The molecule has 0 saturated carbocycles. The number of furan rings is 1. The number of benzene rings is 9. The third-order valence-electron chi connectivity index (χ3n) is 11.4. The van der Waals surface area contributed by atoms with Crippen LogP contribution in [0, 0.1) is 0 Å². The number of rotatable bonds is 7.